The Hall–Kier alpha value is -0.260. The van der Waals surface area contributed by atoms with Crippen LogP contribution < -0.4 is 0 Å². The van der Waals surface area contributed by atoms with Crippen molar-refractivity contribution in [2.24, 2.45) is 28.6 Å². The van der Waals surface area contributed by atoms with Crippen molar-refractivity contribution in [3.05, 3.63) is 11.6 Å². The molecular formula is C20H36. The zero-order chi connectivity index (χ0) is 15.0. The van der Waals surface area contributed by atoms with E-state index >= 15 is 0 Å². The SMILES string of the molecule is C/C=C(\C)CC[C@H]1C(C)CC[C@H]2C(C)(C)CCC[C@]12C. The molecule has 4 atom stereocenters. The first-order chi connectivity index (χ1) is 9.31. The second-order valence-corrected chi connectivity index (χ2v) is 8.74. The highest BCUT2D eigenvalue weighted by Gasteiger charge is 2.53. The summed E-state index contributed by atoms with van der Waals surface area (Å²) in [6.07, 6.45) is 12.3. The minimum Gasteiger partial charge on any atom is -0.0887 e. The van der Waals surface area contributed by atoms with Crippen molar-refractivity contribution >= 4 is 0 Å². The van der Waals surface area contributed by atoms with E-state index in [1.165, 1.54) is 44.9 Å². The molecule has 2 rings (SSSR count). The van der Waals surface area contributed by atoms with E-state index in [4.69, 9.17) is 0 Å². The lowest BCUT2D eigenvalue weighted by molar-refractivity contribution is -0.0957. The lowest BCUT2D eigenvalue weighted by Crippen LogP contribution is -2.51. The summed E-state index contributed by atoms with van der Waals surface area (Å²) in [5, 5.41) is 0. The number of fused-ring (bicyclic) bond motifs is 1. The highest BCUT2D eigenvalue weighted by Crippen LogP contribution is 2.62. The van der Waals surface area contributed by atoms with Crippen molar-refractivity contribution in [3.63, 3.8) is 0 Å². The second kappa shape index (κ2) is 5.85. The molecular weight excluding hydrogens is 240 g/mol. The molecule has 0 heteroatoms. The Morgan fingerprint density at radius 3 is 2.50 bits per heavy atom. The molecule has 0 aromatic rings. The minimum absolute atomic E-state index is 0.570. The van der Waals surface area contributed by atoms with Gasteiger partial charge in [-0.15, -0.1) is 0 Å². The van der Waals surface area contributed by atoms with Crippen molar-refractivity contribution in [2.45, 2.75) is 86.5 Å². The Morgan fingerprint density at radius 1 is 1.15 bits per heavy atom. The maximum absolute atomic E-state index is 2.64. The molecule has 0 heterocycles. The molecule has 0 spiro atoms. The zero-order valence-electron chi connectivity index (χ0n) is 14.8. The van der Waals surface area contributed by atoms with Crippen LogP contribution in [-0.4, -0.2) is 0 Å². The molecule has 0 saturated heterocycles. The van der Waals surface area contributed by atoms with Gasteiger partial charge in [-0.25, -0.2) is 0 Å². The van der Waals surface area contributed by atoms with Crippen molar-refractivity contribution in [1.82, 2.24) is 0 Å². The molecule has 20 heavy (non-hydrogen) atoms. The Kier molecular flexibility index (Phi) is 4.72. The fraction of sp³-hybridized carbons (Fsp3) is 0.900. The number of hydrogen-bond acceptors (Lipinski definition) is 0. The van der Waals surface area contributed by atoms with Crippen LogP contribution in [0.15, 0.2) is 11.6 Å². The van der Waals surface area contributed by atoms with Gasteiger partial charge in [-0.1, -0.05) is 52.2 Å². The van der Waals surface area contributed by atoms with Gasteiger partial charge >= 0.3 is 0 Å². The maximum Gasteiger partial charge on any atom is -0.0261 e. The molecule has 0 amide bonds. The van der Waals surface area contributed by atoms with E-state index in [2.05, 4.69) is 47.6 Å². The third kappa shape index (κ3) is 2.85. The molecule has 2 saturated carbocycles. The summed E-state index contributed by atoms with van der Waals surface area (Å²) >= 11 is 0. The molecule has 0 bridgehead atoms. The van der Waals surface area contributed by atoms with Crippen LogP contribution in [0.4, 0.5) is 0 Å². The summed E-state index contributed by atoms with van der Waals surface area (Å²) in [5.41, 5.74) is 2.76. The van der Waals surface area contributed by atoms with E-state index in [1.54, 1.807) is 5.57 Å². The smallest absolute Gasteiger partial charge is 0.0261 e. The zero-order valence-corrected chi connectivity index (χ0v) is 14.8. The van der Waals surface area contributed by atoms with E-state index in [0.717, 1.165) is 17.8 Å². The monoisotopic (exact) mass is 276 g/mol. The van der Waals surface area contributed by atoms with Gasteiger partial charge in [0.05, 0.1) is 0 Å². The van der Waals surface area contributed by atoms with Crippen molar-refractivity contribution in [3.8, 4) is 0 Å². The Bertz CT molecular complexity index is 362. The molecule has 116 valence electrons. The van der Waals surface area contributed by atoms with Gasteiger partial charge in [0.2, 0.25) is 0 Å². The predicted octanol–water partition coefficient (Wildman–Crippen LogP) is 6.61. The van der Waals surface area contributed by atoms with Gasteiger partial charge in [-0.05, 0) is 74.5 Å². The van der Waals surface area contributed by atoms with Gasteiger partial charge in [-0.3, -0.25) is 0 Å². The summed E-state index contributed by atoms with van der Waals surface area (Å²) in [6.45, 7) is 14.7. The fourth-order valence-corrected chi connectivity index (χ4v) is 5.75. The second-order valence-electron chi connectivity index (χ2n) is 8.74. The van der Waals surface area contributed by atoms with Gasteiger partial charge in [0.1, 0.15) is 0 Å². The average Bonchev–Trinajstić information content (AvgIpc) is 2.36. The van der Waals surface area contributed by atoms with Crippen molar-refractivity contribution in [1.29, 1.82) is 0 Å². The lowest BCUT2D eigenvalue weighted by Gasteiger charge is -2.59. The summed E-state index contributed by atoms with van der Waals surface area (Å²) < 4.78 is 0. The molecule has 0 nitrogen and oxygen atoms in total. The van der Waals surface area contributed by atoms with E-state index < -0.39 is 0 Å². The average molecular weight is 277 g/mol. The summed E-state index contributed by atoms with van der Waals surface area (Å²) in [7, 11) is 0. The molecule has 2 aliphatic rings. The third-order valence-corrected chi connectivity index (χ3v) is 7.06. The van der Waals surface area contributed by atoms with Crippen LogP contribution in [0.3, 0.4) is 0 Å². The molecule has 0 aromatic heterocycles. The lowest BCUT2D eigenvalue weighted by atomic mass is 9.46. The maximum atomic E-state index is 2.64. The first-order valence-electron chi connectivity index (χ1n) is 8.93. The van der Waals surface area contributed by atoms with E-state index in [9.17, 15) is 0 Å². The van der Waals surface area contributed by atoms with Crippen LogP contribution in [0, 0.1) is 28.6 Å². The summed E-state index contributed by atoms with van der Waals surface area (Å²) in [6, 6.07) is 0. The van der Waals surface area contributed by atoms with Crippen LogP contribution in [0.1, 0.15) is 86.5 Å². The molecule has 0 aliphatic heterocycles. The quantitative estimate of drug-likeness (QED) is 0.509. The minimum atomic E-state index is 0.570. The summed E-state index contributed by atoms with van der Waals surface area (Å²) in [5.74, 6) is 2.82. The van der Waals surface area contributed by atoms with Crippen LogP contribution in [0.5, 0.6) is 0 Å². The van der Waals surface area contributed by atoms with Crippen LogP contribution in [-0.2, 0) is 0 Å². The highest BCUT2D eigenvalue weighted by molar-refractivity contribution is 5.04. The molecule has 0 radical (unpaired) electrons. The number of rotatable bonds is 3. The Morgan fingerprint density at radius 2 is 1.85 bits per heavy atom. The van der Waals surface area contributed by atoms with E-state index in [-0.39, 0.29) is 0 Å². The van der Waals surface area contributed by atoms with Crippen LogP contribution >= 0.6 is 0 Å². The largest absolute Gasteiger partial charge is 0.0887 e. The van der Waals surface area contributed by atoms with E-state index in [0.29, 0.717) is 10.8 Å². The molecule has 2 fully saturated rings. The predicted molar refractivity (Wildman–Crippen MR) is 89.8 cm³/mol. The Labute approximate surface area is 127 Å². The van der Waals surface area contributed by atoms with Gasteiger partial charge in [-0.2, -0.15) is 0 Å². The van der Waals surface area contributed by atoms with Gasteiger partial charge < -0.3 is 0 Å². The molecule has 2 aliphatic carbocycles. The highest BCUT2D eigenvalue weighted by atomic mass is 14.6. The first-order valence-corrected chi connectivity index (χ1v) is 8.93. The first kappa shape index (κ1) is 16.1. The van der Waals surface area contributed by atoms with Crippen molar-refractivity contribution in [2.75, 3.05) is 0 Å². The fourth-order valence-electron chi connectivity index (χ4n) is 5.75. The standard InChI is InChI=1S/C20H36/c1-7-15(2)9-11-17-16(3)10-12-18-19(4,5)13-8-14-20(17,18)6/h7,16-18H,8-14H2,1-6H3/b15-7+/t16?,17-,18-,20+/m0/s1. The van der Waals surface area contributed by atoms with Crippen LogP contribution in [0.2, 0.25) is 0 Å². The third-order valence-electron chi connectivity index (χ3n) is 7.06. The Balaban J connectivity index is 2.19. The van der Waals surface area contributed by atoms with Gasteiger partial charge in [0.15, 0.2) is 0 Å². The molecule has 0 N–H and O–H groups in total. The topological polar surface area (TPSA) is 0 Å². The normalized spacial score (nSPS) is 41.3. The molecule has 1 unspecified atom stereocenters. The van der Waals surface area contributed by atoms with Crippen molar-refractivity contribution < 1.29 is 0 Å². The van der Waals surface area contributed by atoms with E-state index in [1.807, 2.05) is 0 Å². The van der Waals surface area contributed by atoms with Gasteiger partial charge in [0.25, 0.3) is 0 Å². The molecule has 0 aromatic carbocycles. The summed E-state index contributed by atoms with van der Waals surface area (Å²) in [4.78, 5) is 0. The van der Waals surface area contributed by atoms with Crippen LogP contribution in [0.25, 0.3) is 0 Å². The van der Waals surface area contributed by atoms with Gasteiger partial charge in [0, 0.05) is 0 Å². The number of hydrogen-bond donors (Lipinski definition) is 0. The number of allylic oxidation sites excluding steroid dienone is 2.